The van der Waals surface area contributed by atoms with Crippen LogP contribution in [0.4, 0.5) is 11.6 Å². The van der Waals surface area contributed by atoms with Crippen LogP contribution in [-0.4, -0.2) is 87.4 Å². The van der Waals surface area contributed by atoms with Crippen LogP contribution in [0.5, 0.6) is 0 Å². The van der Waals surface area contributed by atoms with Gasteiger partial charge >= 0.3 is 5.97 Å². The van der Waals surface area contributed by atoms with Crippen molar-refractivity contribution >= 4 is 28.7 Å². The molecule has 0 saturated heterocycles. The van der Waals surface area contributed by atoms with Crippen molar-refractivity contribution in [3.63, 3.8) is 0 Å². The fourth-order valence-electron chi connectivity index (χ4n) is 4.59. The Morgan fingerprint density at radius 3 is 2.90 bits per heavy atom. The zero-order valence-corrected chi connectivity index (χ0v) is 22.7. The maximum atomic E-state index is 12.0. The van der Waals surface area contributed by atoms with E-state index in [4.69, 9.17) is 4.98 Å². The standard InChI is InChI=1S/C26H36N8O4S/c35-26(36)22(32-23-18-24(29-19-28-23)34-15-4-12-30-34)10-16-33(14-5-17-39(37)38)13-2-1-7-21-9-8-20-6-3-11-27-25(20)31-21/h4,8-9,12,15,18-19,22H,1-3,5-7,10-11,13-14,16-17H2,(H,27,31)(H,35,36)(H,37,38)(H,28,29,32)/p-1. The Morgan fingerprint density at radius 2 is 2.10 bits per heavy atom. The lowest BCUT2D eigenvalue weighted by Crippen LogP contribution is -2.36. The third kappa shape index (κ3) is 9.08. The summed E-state index contributed by atoms with van der Waals surface area (Å²) in [6.07, 6.45) is 10.5. The van der Waals surface area contributed by atoms with E-state index in [9.17, 15) is 18.7 Å². The van der Waals surface area contributed by atoms with Gasteiger partial charge in [-0.1, -0.05) is 17.1 Å². The Balaban J connectivity index is 1.29. The largest absolute Gasteiger partial charge is 0.772 e. The summed E-state index contributed by atoms with van der Waals surface area (Å²) in [6, 6.07) is 6.81. The van der Waals surface area contributed by atoms with E-state index < -0.39 is 23.1 Å². The smallest absolute Gasteiger partial charge is 0.326 e. The molecule has 0 bridgehead atoms. The van der Waals surface area contributed by atoms with Crippen molar-refractivity contribution < 1.29 is 18.7 Å². The predicted molar refractivity (Wildman–Crippen MR) is 148 cm³/mol. The Morgan fingerprint density at radius 1 is 1.23 bits per heavy atom. The summed E-state index contributed by atoms with van der Waals surface area (Å²) in [5.74, 6) is 1.02. The number of anilines is 2. The molecule has 4 heterocycles. The van der Waals surface area contributed by atoms with Crippen LogP contribution < -0.4 is 10.6 Å². The molecule has 39 heavy (non-hydrogen) atoms. The maximum absolute atomic E-state index is 12.0. The minimum atomic E-state index is -2.10. The van der Waals surface area contributed by atoms with Gasteiger partial charge in [0.05, 0.1) is 0 Å². The van der Waals surface area contributed by atoms with Gasteiger partial charge in [-0.15, -0.1) is 0 Å². The summed E-state index contributed by atoms with van der Waals surface area (Å²) in [6.45, 7) is 2.80. The van der Waals surface area contributed by atoms with E-state index >= 15 is 0 Å². The maximum Gasteiger partial charge on any atom is 0.326 e. The molecule has 210 valence electrons. The molecule has 13 heteroatoms. The third-order valence-electron chi connectivity index (χ3n) is 6.64. The molecule has 3 aromatic rings. The third-order valence-corrected chi connectivity index (χ3v) is 7.26. The summed E-state index contributed by atoms with van der Waals surface area (Å²) in [7, 11) is 0. The minimum absolute atomic E-state index is 0.0836. The molecule has 2 unspecified atom stereocenters. The molecule has 12 nitrogen and oxygen atoms in total. The lowest BCUT2D eigenvalue weighted by atomic mass is 10.1. The lowest BCUT2D eigenvalue weighted by molar-refractivity contribution is -0.138. The fourth-order valence-corrected chi connectivity index (χ4v) is 4.96. The normalized spacial score (nSPS) is 14.4. The van der Waals surface area contributed by atoms with Crippen LogP contribution in [0.1, 0.15) is 43.4 Å². The highest BCUT2D eigenvalue weighted by molar-refractivity contribution is 7.79. The van der Waals surface area contributed by atoms with Crippen molar-refractivity contribution in [2.45, 2.75) is 51.0 Å². The molecule has 0 aliphatic carbocycles. The fraction of sp³-hybridized carbons (Fsp3) is 0.500. The second kappa shape index (κ2) is 14.7. The molecule has 1 aliphatic heterocycles. The van der Waals surface area contributed by atoms with Gasteiger partial charge < -0.3 is 25.2 Å². The highest BCUT2D eigenvalue weighted by atomic mass is 32.2. The summed E-state index contributed by atoms with van der Waals surface area (Å²) >= 11 is -2.10. The van der Waals surface area contributed by atoms with Crippen molar-refractivity contribution in [2.75, 3.05) is 42.6 Å². The van der Waals surface area contributed by atoms with Gasteiger partial charge in [-0.05, 0) is 75.7 Å². The number of carboxylic acid groups (broad SMARTS) is 1. The van der Waals surface area contributed by atoms with E-state index in [2.05, 4.69) is 42.7 Å². The molecule has 0 spiro atoms. The molecule has 3 aromatic heterocycles. The van der Waals surface area contributed by atoms with E-state index in [0.717, 1.165) is 56.7 Å². The van der Waals surface area contributed by atoms with E-state index in [1.165, 1.54) is 11.9 Å². The first-order chi connectivity index (χ1) is 19.0. The summed E-state index contributed by atoms with van der Waals surface area (Å²) in [5, 5.41) is 20.3. The van der Waals surface area contributed by atoms with E-state index in [1.54, 1.807) is 29.2 Å². The molecule has 2 atom stereocenters. The van der Waals surface area contributed by atoms with Crippen molar-refractivity contribution in [1.29, 1.82) is 0 Å². The molecule has 3 N–H and O–H groups in total. The Bertz CT molecular complexity index is 1230. The van der Waals surface area contributed by atoms with Crippen LogP contribution in [0.2, 0.25) is 0 Å². The van der Waals surface area contributed by atoms with Gasteiger partial charge in [0.15, 0.2) is 5.82 Å². The zero-order chi connectivity index (χ0) is 27.5. The number of carbonyl (C=O) groups is 1. The molecular formula is C26H35N8O4S-. The average Bonchev–Trinajstić information content (AvgIpc) is 3.48. The molecule has 0 radical (unpaired) electrons. The first kappa shape index (κ1) is 28.6. The van der Waals surface area contributed by atoms with Gasteiger partial charge in [-0.2, -0.15) is 5.10 Å². The number of aliphatic carboxylic acids is 1. The molecule has 0 aromatic carbocycles. The lowest BCUT2D eigenvalue weighted by Gasteiger charge is -2.25. The highest BCUT2D eigenvalue weighted by Crippen LogP contribution is 2.20. The van der Waals surface area contributed by atoms with Gasteiger partial charge in [0.1, 0.15) is 24.0 Å². The SMILES string of the molecule is O=C(O)C(CCN(CCCCc1ccc2c(n1)NCCC2)CCCS(=O)[O-])Nc1cc(-n2cccn2)ncn1. The van der Waals surface area contributed by atoms with Crippen LogP contribution in [0.15, 0.2) is 43.0 Å². The number of nitrogens with one attached hydrogen (secondary N) is 2. The van der Waals surface area contributed by atoms with Gasteiger partial charge in [0.25, 0.3) is 0 Å². The summed E-state index contributed by atoms with van der Waals surface area (Å²) in [4.78, 5) is 27.3. The molecule has 0 saturated carbocycles. The van der Waals surface area contributed by atoms with Crippen molar-refractivity contribution in [3.05, 3.63) is 54.2 Å². The Hall–Kier alpha value is -3.42. The van der Waals surface area contributed by atoms with Gasteiger partial charge in [0.2, 0.25) is 0 Å². The number of rotatable bonds is 16. The van der Waals surface area contributed by atoms with Crippen LogP contribution in [0.3, 0.4) is 0 Å². The number of aryl methyl sites for hydroxylation is 2. The van der Waals surface area contributed by atoms with Gasteiger partial charge in [0, 0.05) is 43.0 Å². The minimum Gasteiger partial charge on any atom is -0.772 e. The first-order valence-corrected chi connectivity index (χ1v) is 14.5. The van der Waals surface area contributed by atoms with E-state index in [0.29, 0.717) is 37.6 Å². The summed E-state index contributed by atoms with van der Waals surface area (Å²) < 4.78 is 23.6. The summed E-state index contributed by atoms with van der Waals surface area (Å²) in [5.41, 5.74) is 2.33. The van der Waals surface area contributed by atoms with Crippen molar-refractivity contribution in [3.8, 4) is 5.82 Å². The van der Waals surface area contributed by atoms with Crippen LogP contribution in [-0.2, 0) is 28.7 Å². The number of unbranched alkanes of at least 4 members (excludes halogenated alkanes) is 1. The van der Waals surface area contributed by atoms with Crippen LogP contribution in [0.25, 0.3) is 5.82 Å². The Kier molecular flexibility index (Phi) is 10.7. The predicted octanol–water partition coefficient (Wildman–Crippen LogP) is 2.26. The molecule has 4 rings (SSSR count). The number of pyridine rings is 1. The Labute approximate surface area is 230 Å². The zero-order valence-electron chi connectivity index (χ0n) is 21.9. The number of fused-ring (bicyclic) bond motifs is 1. The number of carboxylic acids is 1. The topological polar surface area (TPSA) is 161 Å². The molecule has 1 aliphatic rings. The second-order valence-corrected chi connectivity index (χ2v) is 10.6. The monoisotopic (exact) mass is 555 g/mol. The van der Waals surface area contributed by atoms with E-state index in [-0.39, 0.29) is 5.75 Å². The number of hydrogen-bond donors (Lipinski definition) is 3. The van der Waals surface area contributed by atoms with Crippen LogP contribution in [0, 0.1) is 0 Å². The van der Waals surface area contributed by atoms with Gasteiger partial charge in [-0.3, -0.25) is 4.21 Å². The molecule has 0 amide bonds. The number of hydrogen-bond acceptors (Lipinski definition) is 10. The molecular weight excluding hydrogens is 520 g/mol. The number of aromatic nitrogens is 5. The van der Waals surface area contributed by atoms with Crippen molar-refractivity contribution in [2.24, 2.45) is 0 Å². The second-order valence-electron chi connectivity index (χ2n) is 9.54. The van der Waals surface area contributed by atoms with Crippen molar-refractivity contribution in [1.82, 2.24) is 29.6 Å². The van der Waals surface area contributed by atoms with E-state index in [1.807, 2.05) is 0 Å². The van der Waals surface area contributed by atoms with Crippen LogP contribution >= 0.6 is 0 Å². The molecule has 0 fully saturated rings. The first-order valence-electron chi connectivity index (χ1n) is 13.3. The number of nitrogens with zero attached hydrogens (tertiary/aromatic N) is 6. The van der Waals surface area contributed by atoms with Gasteiger partial charge in [-0.25, -0.2) is 24.4 Å². The average molecular weight is 556 g/mol. The highest BCUT2D eigenvalue weighted by Gasteiger charge is 2.20. The quantitative estimate of drug-likeness (QED) is 0.176.